The van der Waals surface area contributed by atoms with E-state index in [-0.39, 0.29) is 11.3 Å². The molecule has 6 nitrogen and oxygen atoms in total. The molecule has 1 amide bonds. The van der Waals surface area contributed by atoms with Crippen molar-refractivity contribution in [3.05, 3.63) is 66.0 Å². The Kier molecular flexibility index (Phi) is 4.44. The smallest absolute Gasteiger partial charge is 0.267 e. The summed E-state index contributed by atoms with van der Waals surface area (Å²) in [6.07, 6.45) is 2.87. The number of carbonyl (C=O) groups excluding carboxylic acids is 1. The van der Waals surface area contributed by atoms with Gasteiger partial charge in [-0.25, -0.2) is 8.42 Å². The molecule has 0 saturated heterocycles. The van der Waals surface area contributed by atoms with E-state index < -0.39 is 15.9 Å². The van der Waals surface area contributed by atoms with Gasteiger partial charge < -0.3 is 0 Å². The first-order valence-corrected chi connectivity index (χ1v) is 7.46. The first-order valence-electron chi connectivity index (χ1n) is 5.80. The van der Waals surface area contributed by atoms with Crippen LogP contribution in [0.3, 0.4) is 0 Å². The Hall–Kier alpha value is -2.25. The Morgan fingerprint density at radius 2 is 1.85 bits per heavy atom. The molecule has 2 rings (SSSR count). The third-order valence-electron chi connectivity index (χ3n) is 2.44. The predicted molar refractivity (Wildman–Crippen MR) is 73.9 cm³/mol. The van der Waals surface area contributed by atoms with Crippen molar-refractivity contribution in [2.24, 2.45) is 0 Å². The SMILES string of the molecule is O=C(NNS(=O)(=O)Cc1ccccc1)c1cccnc1. The maximum absolute atomic E-state index is 11.8. The second kappa shape index (κ2) is 6.27. The molecule has 1 aromatic heterocycles. The lowest BCUT2D eigenvalue weighted by Gasteiger charge is -2.08. The summed E-state index contributed by atoms with van der Waals surface area (Å²) in [7, 11) is -3.64. The van der Waals surface area contributed by atoms with Crippen molar-refractivity contribution in [3.8, 4) is 0 Å². The number of hydrogen-bond acceptors (Lipinski definition) is 4. The Balaban J connectivity index is 1.95. The lowest BCUT2D eigenvalue weighted by molar-refractivity contribution is 0.0944. The van der Waals surface area contributed by atoms with Crippen LogP contribution in [0, 0.1) is 0 Å². The summed E-state index contributed by atoms with van der Waals surface area (Å²) in [5.41, 5.74) is 3.05. The largest absolute Gasteiger partial charge is 0.274 e. The fourth-order valence-electron chi connectivity index (χ4n) is 1.52. The van der Waals surface area contributed by atoms with Gasteiger partial charge in [0, 0.05) is 12.4 Å². The van der Waals surface area contributed by atoms with Crippen LogP contribution in [0.1, 0.15) is 15.9 Å². The molecule has 0 bridgehead atoms. The van der Waals surface area contributed by atoms with Crippen LogP contribution in [-0.4, -0.2) is 19.3 Å². The van der Waals surface area contributed by atoms with Crippen LogP contribution in [0.5, 0.6) is 0 Å². The highest BCUT2D eigenvalue weighted by Gasteiger charge is 2.13. The van der Waals surface area contributed by atoms with Crippen molar-refractivity contribution in [3.63, 3.8) is 0 Å². The lowest BCUT2D eigenvalue weighted by atomic mass is 10.2. The highest BCUT2D eigenvalue weighted by atomic mass is 32.2. The van der Waals surface area contributed by atoms with Gasteiger partial charge >= 0.3 is 0 Å². The summed E-state index contributed by atoms with van der Waals surface area (Å²) in [6.45, 7) is 0. The summed E-state index contributed by atoms with van der Waals surface area (Å²) in [5.74, 6) is -0.768. The van der Waals surface area contributed by atoms with E-state index in [1.54, 1.807) is 36.4 Å². The third kappa shape index (κ3) is 4.15. The molecule has 1 aromatic carbocycles. The molecule has 0 atom stereocenters. The molecule has 0 unspecified atom stereocenters. The van der Waals surface area contributed by atoms with Crippen molar-refractivity contribution in [2.45, 2.75) is 5.75 Å². The Morgan fingerprint density at radius 1 is 1.10 bits per heavy atom. The van der Waals surface area contributed by atoms with Crippen LogP contribution in [0.2, 0.25) is 0 Å². The molecule has 0 aliphatic carbocycles. The summed E-state index contributed by atoms with van der Waals surface area (Å²) >= 11 is 0. The van der Waals surface area contributed by atoms with Crippen molar-refractivity contribution in [2.75, 3.05) is 0 Å². The number of benzene rings is 1. The lowest BCUT2D eigenvalue weighted by Crippen LogP contribution is -2.42. The maximum Gasteiger partial charge on any atom is 0.267 e. The van der Waals surface area contributed by atoms with E-state index in [1.165, 1.54) is 18.5 Å². The molecule has 0 spiro atoms. The summed E-state index contributed by atoms with van der Waals surface area (Å²) in [4.78, 5) is 17.5. The molecule has 2 N–H and O–H groups in total. The zero-order valence-corrected chi connectivity index (χ0v) is 11.3. The van der Waals surface area contributed by atoms with Gasteiger partial charge in [0.05, 0.1) is 11.3 Å². The topological polar surface area (TPSA) is 88.2 Å². The number of nitrogens with zero attached hydrogens (tertiary/aromatic N) is 1. The first-order chi connectivity index (χ1) is 9.57. The highest BCUT2D eigenvalue weighted by molar-refractivity contribution is 7.88. The number of pyridine rings is 1. The average Bonchev–Trinajstić information content (AvgIpc) is 2.46. The van der Waals surface area contributed by atoms with Gasteiger partial charge in [-0.1, -0.05) is 30.3 Å². The van der Waals surface area contributed by atoms with Gasteiger partial charge in [-0.15, -0.1) is 4.83 Å². The summed E-state index contributed by atoms with van der Waals surface area (Å²) in [5, 5.41) is 0. The van der Waals surface area contributed by atoms with Crippen LogP contribution in [0.15, 0.2) is 54.9 Å². The number of hydrogen-bond donors (Lipinski definition) is 2. The van der Waals surface area contributed by atoms with Crippen molar-refractivity contribution >= 4 is 15.9 Å². The second-order valence-electron chi connectivity index (χ2n) is 4.04. The molecule has 0 aliphatic rings. The molecule has 7 heteroatoms. The molecule has 0 fully saturated rings. The van der Waals surface area contributed by atoms with Crippen LogP contribution in [0.25, 0.3) is 0 Å². The predicted octanol–water partition coefficient (Wildman–Crippen LogP) is 0.846. The molecular weight excluding hydrogens is 278 g/mol. The van der Waals surface area contributed by atoms with Crippen LogP contribution < -0.4 is 10.3 Å². The number of aromatic nitrogens is 1. The molecule has 2 aromatic rings. The van der Waals surface area contributed by atoms with Gasteiger partial charge in [0.2, 0.25) is 10.0 Å². The van der Waals surface area contributed by atoms with Crippen molar-refractivity contribution in [1.29, 1.82) is 0 Å². The minimum Gasteiger partial charge on any atom is -0.274 e. The van der Waals surface area contributed by atoms with Gasteiger partial charge in [0.1, 0.15) is 0 Å². The number of amides is 1. The zero-order valence-electron chi connectivity index (χ0n) is 10.5. The molecule has 0 saturated carbocycles. The third-order valence-corrected chi connectivity index (χ3v) is 3.57. The number of hydrazine groups is 1. The van der Waals surface area contributed by atoms with Gasteiger partial charge in [-0.3, -0.25) is 15.2 Å². The molecule has 104 valence electrons. The number of rotatable bonds is 5. The van der Waals surface area contributed by atoms with Gasteiger partial charge in [-0.2, -0.15) is 0 Å². The normalized spacial score (nSPS) is 11.0. The quantitative estimate of drug-likeness (QED) is 0.799. The molecule has 0 radical (unpaired) electrons. The molecule has 0 aliphatic heterocycles. The van der Waals surface area contributed by atoms with E-state index in [0.29, 0.717) is 5.56 Å². The van der Waals surface area contributed by atoms with Crippen molar-refractivity contribution < 1.29 is 13.2 Å². The second-order valence-corrected chi connectivity index (χ2v) is 5.76. The summed E-state index contributed by atoms with van der Waals surface area (Å²) in [6, 6.07) is 11.8. The van der Waals surface area contributed by atoms with Crippen LogP contribution in [-0.2, 0) is 15.8 Å². The number of sulfonamides is 1. The number of nitrogens with one attached hydrogen (secondary N) is 2. The number of carbonyl (C=O) groups is 1. The van der Waals surface area contributed by atoms with E-state index in [1.807, 2.05) is 0 Å². The van der Waals surface area contributed by atoms with Gasteiger partial charge in [0.15, 0.2) is 0 Å². The Bertz CT molecular complexity index is 673. The molecule has 1 heterocycles. The van der Waals surface area contributed by atoms with E-state index in [0.717, 1.165) is 0 Å². The monoisotopic (exact) mass is 291 g/mol. The van der Waals surface area contributed by atoms with E-state index in [2.05, 4.69) is 15.2 Å². The molecule has 20 heavy (non-hydrogen) atoms. The Morgan fingerprint density at radius 3 is 2.50 bits per heavy atom. The minimum absolute atomic E-state index is 0.207. The van der Waals surface area contributed by atoms with E-state index in [9.17, 15) is 13.2 Å². The minimum atomic E-state index is -3.64. The van der Waals surface area contributed by atoms with E-state index >= 15 is 0 Å². The average molecular weight is 291 g/mol. The zero-order chi connectivity index (χ0) is 14.4. The van der Waals surface area contributed by atoms with E-state index in [4.69, 9.17) is 0 Å². The van der Waals surface area contributed by atoms with Crippen LogP contribution >= 0.6 is 0 Å². The molecular formula is C13H13N3O3S. The highest BCUT2D eigenvalue weighted by Crippen LogP contribution is 2.03. The van der Waals surface area contributed by atoms with Crippen LogP contribution in [0.4, 0.5) is 0 Å². The standard InChI is InChI=1S/C13H13N3O3S/c17-13(12-7-4-8-14-9-12)15-16-20(18,19)10-11-5-2-1-3-6-11/h1-9,16H,10H2,(H,15,17). The fraction of sp³-hybridized carbons (Fsp3) is 0.0769. The Labute approximate surface area is 116 Å². The fourth-order valence-corrected chi connectivity index (χ4v) is 2.47. The van der Waals surface area contributed by atoms with Crippen molar-refractivity contribution in [1.82, 2.24) is 15.2 Å². The summed E-state index contributed by atoms with van der Waals surface area (Å²) < 4.78 is 23.6. The maximum atomic E-state index is 11.8. The van der Waals surface area contributed by atoms with Gasteiger partial charge in [-0.05, 0) is 17.7 Å². The first kappa shape index (κ1) is 14.2. The van der Waals surface area contributed by atoms with Gasteiger partial charge in [0.25, 0.3) is 5.91 Å².